The van der Waals surface area contributed by atoms with Crippen molar-refractivity contribution in [1.82, 2.24) is 0 Å². The minimum absolute atomic E-state index is 0.245. The van der Waals surface area contributed by atoms with E-state index < -0.39 is 5.97 Å². The maximum absolute atomic E-state index is 10.6. The third kappa shape index (κ3) is 3.40. The molecule has 0 heterocycles. The van der Waals surface area contributed by atoms with Gasteiger partial charge >= 0.3 is 5.97 Å². The third-order valence-corrected chi connectivity index (χ3v) is 2.23. The van der Waals surface area contributed by atoms with Gasteiger partial charge in [-0.2, -0.15) is 0 Å². The highest BCUT2D eigenvalue weighted by molar-refractivity contribution is 5.69. The molecule has 11 heavy (non-hydrogen) atoms. The van der Waals surface area contributed by atoms with Gasteiger partial charge in [-0.05, 0) is 12.3 Å². The number of hydrogen-bond donors (Lipinski definition) is 0. The Kier molecular flexibility index (Phi) is 4.92. The summed E-state index contributed by atoms with van der Waals surface area (Å²) < 4.78 is 0. The summed E-state index contributed by atoms with van der Waals surface area (Å²) in [5.74, 6) is -0.883. The Morgan fingerprint density at radius 3 is 2.18 bits per heavy atom. The zero-order valence-corrected chi connectivity index (χ0v) is 7.59. The summed E-state index contributed by atoms with van der Waals surface area (Å²) in [6.45, 7) is 5.98. The van der Waals surface area contributed by atoms with Crippen LogP contribution in [0, 0.1) is 11.8 Å². The van der Waals surface area contributed by atoms with Gasteiger partial charge in [-0.25, -0.2) is 9.90 Å². The summed E-state index contributed by atoms with van der Waals surface area (Å²) >= 11 is 0. The molecule has 2 unspecified atom stereocenters. The second-order valence-corrected chi connectivity index (χ2v) is 3.10. The number of carbonyl (C=O) groups is 1. The molecule has 0 saturated carbocycles. The fourth-order valence-electron chi connectivity index (χ4n) is 1.23. The van der Waals surface area contributed by atoms with Crippen molar-refractivity contribution in [3.05, 3.63) is 0 Å². The van der Waals surface area contributed by atoms with Crippen LogP contribution < -0.4 is 0 Å². The Hall–Kier alpha value is -0.530. The van der Waals surface area contributed by atoms with Gasteiger partial charge in [0.2, 0.25) is 0 Å². The average molecular weight is 157 g/mol. The fraction of sp³-hybridized carbons (Fsp3) is 0.889. The van der Waals surface area contributed by atoms with Gasteiger partial charge in [0, 0.05) is 0 Å². The van der Waals surface area contributed by atoms with Gasteiger partial charge in [0.1, 0.15) is 0 Å². The van der Waals surface area contributed by atoms with E-state index in [9.17, 15) is 9.90 Å². The molecule has 0 rings (SSSR count). The van der Waals surface area contributed by atoms with E-state index in [0.29, 0.717) is 0 Å². The Bertz CT molecular complexity index is 121. The molecule has 0 aromatic rings. The molecule has 2 atom stereocenters. The predicted molar refractivity (Wildman–Crippen MR) is 43.5 cm³/mol. The summed E-state index contributed by atoms with van der Waals surface area (Å²) in [5, 5.41) is 10.6. The first-order valence-electron chi connectivity index (χ1n) is 4.34. The third-order valence-electron chi connectivity index (χ3n) is 2.23. The molecular weight excluding hydrogens is 140 g/mol. The highest BCUT2D eigenvalue weighted by atomic mass is 16.4. The molecule has 0 amide bonds. The molecule has 0 bridgehead atoms. The first-order chi connectivity index (χ1) is 5.13. The molecule has 2 heteroatoms. The van der Waals surface area contributed by atoms with E-state index in [1.165, 1.54) is 0 Å². The van der Waals surface area contributed by atoms with E-state index in [1.54, 1.807) is 0 Å². The largest absolute Gasteiger partial charge is 0.358 e. The molecule has 0 aromatic carbocycles. The molecule has 0 aliphatic rings. The molecule has 0 aliphatic heterocycles. The molecule has 0 N–H and O–H groups in total. The van der Waals surface area contributed by atoms with Crippen LogP contribution in [0.5, 0.6) is 0 Å². The van der Waals surface area contributed by atoms with Crippen LogP contribution in [0.3, 0.4) is 0 Å². The minimum Gasteiger partial charge on any atom is -0.247 e. The van der Waals surface area contributed by atoms with Crippen LogP contribution in [-0.2, 0) is 9.90 Å². The van der Waals surface area contributed by atoms with Gasteiger partial charge in [-0.15, -0.1) is 0 Å². The molecule has 65 valence electrons. The van der Waals surface area contributed by atoms with E-state index in [1.807, 2.05) is 20.8 Å². The smallest absolute Gasteiger partial charge is 0.247 e. The maximum atomic E-state index is 10.6. The van der Waals surface area contributed by atoms with Gasteiger partial charge in [-0.1, -0.05) is 33.6 Å². The van der Waals surface area contributed by atoms with Crippen LogP contribution in [0.25, 0.3) is 0 Å². The summed E-state index contributed by atoms with van der Waals surface area (Å²) in [7, 11) is 0. The van der Waals surface area contributed by atoms with E-state index in [-0.39, 0.29) is 11.8 Å². The van der Waals surface area contributed by atoms with E-state index in [0.717, 1.165) is 19.3 Å². The van der Waals surface area contributed by atoms with Crippen molar-refractivity contribution in [1.29, 1.82) is 0 Å². The first kappa shape index (κ1) is 10.5. The lowest BCUT2D eigenvalue weighted by Gasteiger charge is -2.15. The maximum Gasteiger partial charge on any atom is 0.358 e. The Morgan fingerprint density at radius 1 is 1.36 bits per heavy atom. The minimum atomic E-state index is -0.888. The van der Waals surface area contributed by atoms with Crippen LogP contribution in [0.15, 0.2) is 0 Å². The van der Waals surface area contributed by atoms with Gasteiger partial charge in [0.15, 0.2) is 0 Å². The molecule has 0 saturated heterocycles. The van der Waals surface area contributed by atoms with Gasteiger partial charge < -0.3 is 0 Å². The highest BCUT2D eigenvalue weighted by Gasteiger charge is 2.23. The average Bonchev–Trinajstić information content (AvgIpc) is 1.98. The van der Waals surface area contributed by atoms with Crippen LogP contribution in [-0.4, -0.2) is 5.97 Å². The van der Waals surface area contributed by atoms with E-state index in [2.05, 4.69) is 0 Å². The van der Waals surface area contributed by atoms with Crippen molar-refractivity contribution in [2.45, 2.75) is 40.0 Å². The monoisotopic (exact) mass is 157 g/mol. The fourth-order valence-corrected chi connectivity index (χ4v) is 1.23. The standard InChI is InChI=1S/C9H17O2/c1-4-6-8(9(10)11)7(3)5-2/h7-8H,4-6H2,1-3H3. The lowest BCUT2D eigenvalue weighted by molar-refractivity contribution is -0.150. The number of rotatable bonds is 5. The van der Waals surface area contributed by atoms with Gasteiger partial charge in [-0.3, -0.25) is 0 Å². The number of carbonyl (C=O) groups excluding carboxylic acids is 1. The Morgan fingerprint density at radius 2 is 1.91 bits per heavy atom. The zero-order valence-electron chi connectivity index (χ0n) is 7.59. The zero-order chi connectivity index (χ0) is 8.85. The summed E-state index contributed by atoms with van der Waals surface area (Å²) in [6.07, 6.45) is 2.58. The van der Waals surface area contributed by atoms with Crippen molar-refractivity contribution in [2.75, 3.05) is 0 Å². The van der Waals surface area contributed by atoms with E-state index >= 15 is 0 Å². The molecular formula is C9H17O2. The second-order valence-electron chi connectivity index (χ2n) is 3.10. The lowest BCUT2D eigenvalue weighted by atomic mass is 9.88. The SMILES string of the molecule is CCCC(C([O])=O)C(C)CC. The molecule has 1 radical (unpaired) electrons. The number of hydrogen-bond acceptors (Lipinski definition) is 1. The van der Waals surface area contributed by atoms with Crippen LogP contribution in [0.2, 0.25) is 0 Å². The summed E-state index contributed by atoms with van der Waals surface area (Å²) in [6, 6.07) is 0. The lowest BCUT2D eigenvalue weighted by Crippen LogP contribution is -2.19. The summed E-state index contributed by atoms with van der Waals surface area (Å²) in [5.41, 5.74) is 0. The van der Waals surface area contributed by atoms with E-state index in [4.69, 9.17) is 0 Å². The van der Waals surface area contributed by atoms with Crippen molar-refractivity contribution in [3.8, 4) is 0 Å². The Balaban J connectivity index is 3.97. The molecule has 0 spiro atoms. The normalized spacial score (nSPS) is 15.9. The molecule has 0 aromatic heterocycles. The van der Waals surface area contributed by atoms with Crippen molar-refractivity contribution >= 4 is 5.97 Å². The molecule has 0 fully saturated rings. The van der Waals surface area contributed by atoms with Crippen LogP contribution in [0.1, 0.15) is 40.0 Å². The van der Waals surface area contributed by atoms with Gasteiger partial charge in [0.25, 0.3) is 0 Å². The topological polar surface area (TPSA) is 37.0 Å². The predicted octanol–water partition coefficient (Wildman–Crippen LogP) is 2.41. The Labute approximate surface area is 68.6 Å². The van der Waals surface area contributed by atoms with Crippen LogP contribution in [0.4, 0.5) is 0 Å². The summed E-state index contributed by atoms with van der Waals surface area (Å²) in [4.78, 5) is 10.6. The highest BCUT2D eigenvalue weighted by Crippen LogP contribution is 2.20. The van der Waals surface area contributed by atoms with Crippen molar-refractivity contribution in [2.24, 2.45) is 11.8 Å². The van der Waals surface area contributed by atoms with Gasteiger partial charge in [0.05, 0.1) is 5.92 Å². The quantitative estimate of drug-likeness (QED) is 0.603. The van der Waals surface area contributed by atoms with Crippen LogP contribution >= 0.6 is 0 Å². The van der Waals surface area contributed by atoms with Crippen molar-refractivity contribution < 1.29 is 9.90 Å². The first-order valence-corrected chi connectivity index (χ1v) is 4.34. The molecule has 2 nitrogen and oxygen atoms in total. The second kappa shape index (κ2) is 5.16. The van der Waals surface area contributed by atoms with Crippen molar-refractivity contribution in [3.63, 3.8) is 0 Å². The molecule has 0 aliphatic carbocycles.